The molecule has 8 heteroatoms. The Kier molecular flexibility index (Phi) is 5.62. The minimum Gasteiger partial charge on any atom is -0.331 e. The van der Waals surface area contributed by atoms with E-state index in [9.17, 15) is 18.0 Å². The maximum absolute atomic E-state index is 12.7. The fourth-order valence-corrected chi connectivity index (χ4v) is 2.64. The van der Waals surface area contributed by atoms with Gasteiger partial charge in [-0.25, -0.2) is 4.79 Å². The van der Waals surface area contributed by atoms with E-state index in [0.717, 1.165) is 12.1 Å². The summed E-state index contributed by atoms with van der Waals surface area (Å²) in [6.07, 6.45) is -4.47. The van der Waals surface area contributed by atoms with Crippen molar-refractivity contribution >= 4 is 34.9 Å². The normalized spacial score (nSPS) is 12.6. The number of benzene rings is 2. The molecule has 0 aliphatic rings. The van der Waals surface area contributed by atoms with E-state index >= 15 is 0 Å². The van der Waals surface area contributed by atoms with E-state index in [1.165, 1.54) is 12.1 Å². The van der Waals surface area contributed by atoms with E-state index < -0.39 is 23.8 Å². The van der Waals surface area contributed by atoms with Crippen molar-refractivity contribution in [2.24, 2.45) is 0 Å². The van der Waals surface area contributed by atoms with Crippen LogP contribution in [0.2, 0.25) is 10.0 Å². The Morgan fingerprint density at radius 1 is 1.12 bits per heavy atom. The van der Waals surface area contributed by atoms with E-state index in [-0.39, 0.29) is 5.69 Å². The highest BCUT2D eigenvalue weighted by Crippen LogP contribution is 2.31. The van der Waals surface area contributed by atoms with Gasteiger partial charge in [0, 0.05) is 15.7 Å². The van der Waals surface area contributed by atoms with Crippen molar-refractivity contribution in [2.75, 3.05) is 5.32 Å². The summed E-state index contributed by atoms with van der Waals surface area (Å²) < 4.78 is 38.0. The highest BCUT2D eigenvalue weighted by Gasteiger charge is 2.30. The average molecular weight is 377 g/mol. The molecule has 0 aliphatic carbocycles. The first kappa shape index (κ1) is 18.4. The first-order valence-electron chi connectivity index (χ1n) is 6.86. The summed E-state index contributed by atoms with van der Waals surface area (Å²) in [5, 5.41) is 5.82. The van der Waals surface area contributed by atoms with Crippen LogP contribution in [0.4, 0.5) is 23.7 Å². The number of anilines is 1. The summed E-state index contributed by atoms with van der Waals surface area (Å²) in [6.45, 7) is 1.70. The summed E-state index contributed by atoms with van der Waals surface area (Å²) in [5.41, 5.74) is -0.161. The quantitative estimate of drug-likeness (QED) is 0.688. The van der Waals surface area contributed by atoms with E-state index in [2.05, 4.69) is 10.6 Å². The number of carbonyl (C=O) groups excluding carboxylic acids is 1. The first-order chi connectivity index (χ1) is 11.2. The van der Waals surface area contributed by atoms with Crippen molar-refractivity contribution in [3.05, 3.63) is 63.6 Å². The summed E-state index contributed by atoms with van der Waals surface area (Å²) in [6, 6.07) is 8.12. The number of nitrogens with one attached hydrogen (secondary N) is 2. The fraction of sp³-hybridized carbons (Fsp3) is 0.188. The van der Waals surface area contributed by atoms with Gasteiger partial charge in [-0.1, -0.05) is 35.3 Å². The van der Waals surface area contributed by atoms with Gasteiger partial charge in [0.05, 0.1) is 11.6 Å². The van der Waals surface area contributed by atoms with Crippen molar-refractivity contribution in [2.45, 2.75) is 19.1 Å². The molecule has 0 saturated heterocycles. The zero-order valence-corrected chi connectivity index (χ0v) is 13.9. The Hall–Kier alpha value is -1.92. The van der Waals surface area contributed by atoms with E-state index in [0.29, 0.717) is 15.6 Å². The summed E-state index contributed by atoms with van der Waals surface area (Å²) in [7, 11) is 0. The van der Waals surface area contributed by atoms with E-state index in [1.54, 1.807) is 25.1 Å². The predicted octanol–water partition coefficient (Wildman–Crippen LogP) is 5.89. The zero-order valence-electron chi connectivity index (χ0n) is 12.4. The molecule has 0 aromatic heterocycles. The second kappa shape index (κ2) is 7.32. The molecule has 0 heterocycles. The third-order valence-corrected chi connectivity index (χ3v) is 3.79. The minimum atomic E-state index is -4.47. The summed E-state index contributed by atoms with van der Waals surface area (Å²) in [4.78, 5) is 12.0. The van der Waals surface area contributed by atoms with Crippen molar-refractivity contribution in [3.63, 3.8) is 0 Å². The van der Waals surface area contributed by atoms with E-state index in [4.69, 9.17) is 23.2 Å². The molecule has 0 saturated carbocycles. The van der Waals surface area contributed by atoms with Gasteiger partial charge in [-0.05, 0) is 42.8 Å². The maximum atomic E-state index is 12.7. The highest BCUT2D eigenvalue weighted by atomic mass is 35.5. The molecule has 128 valence electrons. The first-order valence-corrected chi connectivity index (χ1v) is 7.62. The average Bonchev–Trinajstić information content (AvgIpc) is 2.46. The van der Waals surface area contributed by atoms with Crippen molar-refractivity contribution in [1.82, 2.24) is 5.32 Å². The molecule has 2 aromatic carbocycles. The van der Waals surface area contributed by atoms with Crippen LogP contribution < -0.4 is 10.6 Å². The molecule has 3 nitrogen and oxygen atoms in total. The molecule has 2 aromatic rings. The molecule has 0 bridgehead atoms. The standard InChI is InChI=1S/C16H13Cl2F3N2O/c1-9(13-6-5-11(17)8-14(13)18)22-15(24)23-12-4-2-3-10(7-12)16(19,20)21/h2-9H,1H3,(H2,22,23,24)/t9-/m0/s1. The Morgan fingerprint density at radius 2 is 1.83 bits per heavy atom. The van der Waals surface area contributed by atoms with Gasteiger partial charge >= 0.3 is 12.2 Å². The molecule has 0 spiro atoms. The molecule has 2 N–H and O–H groups in total. The van der Waals surface area contributed by atoms with Gasteiger partial charge in [0.2, 0.25) is 0 Å². The molecular formula is C16H13Cl2F3N2O. The topological polar surface area (TPSA) is 41.1 Å². The molecule has 0 aliphatic heterocycles. The van der Waals surface area contributed by atoms with Crippen molar-refractivity contribution in [3.8, 4) is 0 Å². The van der Waals surface area contributed by atoms with Crippen LogP contribution in [0.1, 0.15) is 24.1 Å². The highest BCUT2D eigenvalue weighted by molar-refractivity contribution is 6.35. The van der Waals surface area contributed by atoms with Gasteiger partial charge in [-0.3, -0.25) is 0 Å². The van der Waals surface area contributed by atoms with Crippen LogP contribution in [0.15, 0.2) is 42.5 Å². The van der Waals surface area contributed by atoms with Crippen LogP contribution in [0.3, 0.4) is 0 Å². The smallest absolute Gasteiger partial charge is 0.331 e. The van der Waals surface area contributed by atoms with Gasteiger partial charge < -0.3 is 10.6 Å². The Bertz CT molecular complexity index is 750. The lowest BCUT2D eigenvalue weighted by molar-refractivity contribution is -0.137. The molecule has 24 heavy (non-hydrogen) atoms. The number of rotatable bonds is 3. The second-order valence-corrected chi connectivity index (χ2v) is 5.91. The number of carbonyl (C=O) groups is 1. The van der Waals surface area contributed by atoms with E-state index in [1.807, 2.05) is 0 Å². The molecular weight excluding hydrogens is 364 g/mol. The van der Waals surface area contributed by atoms with Crippen LogP contribution in [-0.2, 0) is 6.18 Å². The lowest BCUT2D eigenvalue weighted by Crippen LogP contribution is -2.31. The van der Waals surface area contributed by atoms with Crippen molar-refractivity contribution in [1.29, 1.82) is 0 Å². The number of alkyl halides is 3. The van der Waals surface area contributed by atoms with Crippen LogP contribution in [-0.4, -0.2) is 6.03 Å². The third-order valence-electron chi connectivity index (χ3n) is 3.22. The SMILES string of the molecule is C[C@H](NC(=O)Nc1cccc(C(F)(F)F)c1)c1ccc(Cl)cc1Cl. The van der Waals surface area contributed by atoms with Crippen LogP contribution in [0.25, 0.3) is 0 Å². The summed E-state index contributed by atoms with van der Waals surface area (Å²) >= 11 is 11.9. The van der Waals surface area contributed by atoms with Crippen molar-refractivity contribution < 1.29 is 18.0 Å². The van der Waals surface area contributed by atoms with Gasteiger partial charge in [0.25, 0.3) is 0 Å². The molecule has 0 radical (unpaired) electrons. The van der Waals surface area contributed by atoms with Gasteiger partial charge in [-0.2, -0.15) is 13.2 Å². The monoisotopic (exact) mass is 376 g/mol. The molecule has 0 fully saturated rings. The summed E-state index contributed by atoms with van der Waals surface area (Å²) in [5.74, 6) is 0. The lowest BCUT2D eigenvalue weighted by Gasteiger charge is -2.17. The Labute approximate surface area is 146 Å². The number of amides is 2. The van der Waals surface area contributed by atoms with Crippen LogP contribution in [0, 0.1) is 0 Å². The molecule has 2 rings (SSSR count). The maximum Gasteiger partial charge on any atom is 0.416 e. The number of urea groups is 1. The van der Waals surface area contributed by atoms with Crippen LogP contribution >= 0.6 is 23.2 Å². The second-order valence-electron chi connectivity index (χ2n) is 5.06. The molecule has 0 unspecified atom stereocenters. The van der Waals surface area contributed by atoms with Gasteiger partial charge in [0.1, 0.15) is 0 Å². The fourth-order valence-electron chi connectivity index (χ4n) is 2.07. The largest absolute Gasteiger partial charge is 0.416 e. The number of hydrogen-bond donors (Lipinski definition) is 2. The van der Waals surface area contributed by atoms with Crippen LogP contribution in [0.5, 0.6) is 0 Å². The predicted molar refractivity (Wildman–Crippen MR) is 88.5 cm³/mol. The number of halogens is 5. The molecule has 1 atom stereocenters. The lowest BCUT2D eigenvalue weighted by atomic mass is 10.1. The molecule has 2 amide bonds. The number of hydrogen-bond acceptors (Lipinski definition) is 1. The Balaban J connectivity index is 2.05. The van der Waals surface area contributed by atoms with Gasteiger partial charge in [0.15, 0.2) is 0 Å². The minimum absolute atomic E-state index is 0.0386. The Morgan fingerprint density at radius 3 is 2.46 bits per heavy atom. The van der Waals surface area contributed by atoms with Gasteiger partial charge in [-0.15, -0.1) is 0 Å². The third kappa shape index (κ3) is 4.79. The zero-order chi connectivity index (χ0) is 17.9.